The van der Waals surface area contributed by atoms with Crippen LogP contribution in [0.5, 0.6) is 0 Å². The van der Waals surface area contributed by atoms with Gasteiger partial charge in [-0.1, -0.05) is 19.1 Å². The Morgan fingerprint density at radius 3 is 2.63 bits per heavy atom. The number of ether oxygens (including phenoxy) is 1. The molecule has 2 rings (SSSR count). The number of anilines is 1. The fraction of sp³-hybridized carbons (Fsp3) is 0.421. The number of nitrogens with zero attached hydrogens (tertiary/aromatic N) is 2. The Hall–Kier alpha value is -2.61. The van der Waals surface area contributed by atoms with E-state index in [4.69, 9.17) is 0 Å². The first-order valence-corrected chi connectivity index (χ1v) is 9.85. The molecule has 2 aromatic rings. The quantitative estimate of drug-likeness (QED) is 0.477. The summed E-state index contributed by atoms with van der Waals surface area (Å²) in [5, 5.41) is 10.4. The lowest BCUT2D eigenvalue weighted by Crippen LogP contribution is -2.38. The van der Waals surface area contributed by atoms with Gasteiger partial charge in [0, 0.05) is 36.3 Å². The highest BCUT2D eigenvalue weighted by Gasteiger charge is 2.03. The molecule has 0 unspecified atom stereocenters. The van der Waals surface area contributed by atoms with Gasteiger partial charge in [-0.25, -0.2) is 14.8 Å². The van der Waals surface area contributed by atoms with Gasteiger partial charge in [0.05, 0.1) is 18.7 Å². The zero-order chi connectivity index (χ0) is 19.5. The molecule has 7 nitrogen and oxygen atoms in total. The molecule has 0 aliphatic heterocycles. The molecule has 0 fully saturated rings. The predicted molar refractivity (Wildman–Crippen MR) is 110 cm³/mol. The molecule has 146 valence electrons. The van der Waals surface area contributed by atoms with Crippen LogP contribution in [0.25, 0.3) is 0 Å². The number of hydrogen-bond donors (Lipinski definition) is 3. The van der Waals surface area contributed by atoms with Crippen molar-refractivity contribution in [2.45, 2.75) is 33.2 Å². The van der Waals surface area contributed by atoms with Crippen molar-refractivity contribution >= 4 is 29.1 Å². The summed E-state index contributed by atoms with van der Waals surface area (Å²) in [6, 6.07) is 7.52. The predicted octanol–water partition coefficient (Wildman–Crippen LogP) is 3.18. The van der Waals surface area contributed by atoms with Crippen LogP contribution in [0.4, 0.5) is 10.5 Å². The minimum Gasteiger partial charge on any atom is -0.453 e. The molecular formula is C19H27N5O2S. The van der Waals surface area contributed by atoms with Gasteiger partial charge in [-0.05, 0) is 31.0 Å². The van der Waals surface area contributed by atoms with Gasteiger partial charge in [0.25, 0.3) is 0 Å². The number of guanidine groups is 1. The molecule has 27 heavy (non-hydrogen) atoms. The average Bonchev–Trinajstić information content (AvgIpc) is 3.15. The van der Waals surface area contributed by atoms with Crippen LogP contribution in [0.15, 0.2) is 35.5 Å². The molecule has 1 aromatic carbocycles. The monoisotopic (exact) mass is 389 g/mol. The number of methoxy groups -OCH3 is 1. The normalized spacial score (nSPS) is 11.1. The summed E-state index contributed by atoms with van der Waals surface area (Å²) in [4.78, 5) is 21.6. The maximum Gasteiger partial charge on any atom is 0.411 e. The van der Waals surface area contributed by atoms with Crippen molar-refractivity contribution < 1.29 is 9.53 Å². The fourth-order valence-corrected chi connectivity index (χ4v) is 3.15. The lowest BCUT2D eigenvalue weighted by molar-refractivity contribution is 0.187. The number of aliphatic imine (C=N–C) groups is 1. The van der Waals surface area contributed by atoms with Crippen molar-refractivity contribution in [2.24, 2.45) is 4.99 Å². The fourth-order valence-electron chi connectivity index (χ4n) is 2.29. The van der Waals surface area contributed by atoms with Crippen LogP contribution in [-0.2, 0) is 24.1 Å². The van der Waals surface area contributed by atoms with Gasteiger partial charge in [0.2, 0.25) is 0 Å². The topological polar surface area (TPSA) is 87.6 Å². The Kier molecular flexibility index (Phi) is 8.57. The van der Waals surface area contributed by atoms with Crippen molar-refractivity contribution in [1.82, 2.24) is 15.6 Å². The minimum atomic E-state index is -0.481. The van der Waals surface area contributed by atoms with Gasteiger partial charge in [0.15, 0.2) is 5.96 Å². The molecule has 0 spiro atoms. The smallest absolute Gasteiger partial charge is 0.411 e. The summed E-state index contributed by atoms with van der Waals surface area (Å²) in [6.07, 6.45) is 3.38. The van der Waals surface area contributed by atoms with E-state index in [9.17, 15) is 4.79 Å². The molecular weight excluding hydrogens is 362 g/mol. The molecule has 8 heteroatoms. The zero-order valence-corrected chi connectivity index (χ0v) is 16.9. The largest absolute Gasteiger partial charge is 0.453 e. The van der Waals surface area contributed by atoms with E-state index < -0.39 is 6.09 Å². The minimum absolute atomic E-state index is 0.481. The second kappa shape index (κ2) is 11.2. The highest BCUT2D eigenvalue weighted by molar-refractivity contribution is 7.11. The molecule has 1 heterocycles. The van der Waals surface area contributed by atoms with E-state index in [1.165, 1.54) is 12.0 Å². The first kappa shape index (κ1) is 20.7. The molecule has 0 aliphatic rings. The number of rotatable bonds is 8. The summed E-state index contributed by atoms with van der Waals surface area (Å²) in [5.41, 5.74) is 1.74. The summed E-state index contributed by atoms with van der Waals surface area (Å²) >= 11 is 1.76. The average molecular weight is 390 g/mol. The number of aromatic nitrogens is 1. The molecule has 0 radical (unpaired) electrons. The van der Waals surface area contributed by atoms with Crippen molar-refractivity contribution in [3.05, 3.63) is 45.9 Å². The maximum atomic E-state index is 11.2. The molecule has 3 N–H and O–H groups in total. The summed E-state index contributed by atoms with van der Waals surface area (Å²) in [7, 11) is 1.34. The third-order valence-electron chi connectivity index (χ3n) is 3.73. The Morgan fingerprint density at radius 1 is 1.22 bits per heavy atom. The Morgan fingerprint density at radius 2 is 2.00 bits per heavy atom. The summed E-state index contributed by atoms with van der Waals surface area (Å²) in [5.74, 6) is 0.779. The van der Waals surface area contributed by atoms with E-state index in [1.807, 2.05) is 37.4 Å². The van der Waals surface area contributed by atoms with Crippen molar-refractivity contribution in [2.75, 3.05) is 25.5 Å². The first-order chi connectivity index (χ1) is 13.1. The zero-order valence-electron chi connectivity index (χ0n) is 16.0. The van der Waals surface area contributed by atoms with Gasteiger partial charge in [-0.3, -0.25) is 5.32 Å². The lowest BCUT2D eigenvalue weighted by atomic mass is 10.2. The second-order valence-electron chi connectivity index (χ2n) is 5.76. The van der Waals surface area contributed by atoms with E-state index in [-0.39, 0.29) is 0 Å². The molecule has 0 saturated carbocycles. The van der Waals surface area contributed by atoms with Crippen LogP contribution in [0.1, 0.15) is 29.3 Å². The third-order valence-corrected chi connectivity index (χ3v) is 4.93. The maximum absolute atomic E-state index is 11.2. The van der Waals surface area contributed by atoms with E-state index in [1.54, 1.807) is 11.3 Å². The van der Waals surface area contributed by atoms with Crippen LogP contribution in [0.3, 0.4) is 0 Å². The molecule has 1 aromatic heterocycles. The molecule has 0 aliphatic carbocycles. The number of benzene rings is 1. The highest BCUT2D eigenvalue weighted by Crippen LogP contribution is 2.13. The number of amides is 1. The van der Waals surface area contributed by atoms with Crippen LogP contribution in [0.2, 0.25) is 0 Å². The Bertz CT molecular complexity index is 743. The molecule has 0 saturated heterocycles. The van der Waals surface area contributed by atoms with Gasteiger partial charge in [0.1, 0.15) is 0 Å². The second-order valence-corrected chi connectivity index (χ2v) is 6.96. The molecule has 0 bridgehead atoms. The van der Waals surface area contributed by atoms with Gasteiger partial charge >= 0.3 is 6.09 Å². The first-order valence-electron chi connectivity index (χ1n) is 9.04. The summed E-state index contributed by atoms with van der Waals surface area (Å²) in [6.45, 7) is 6.31. The number of thiazole rings is 1. The van der Waals surface area contributed by atoms with E-state index in [0.717, 1.165) is 42.5 Å². The third kappa shape index (κ3) is 7.26. The number of aryl methyl sites for hydroxylation is 1. The van der Waals surface area contributed by atoms with Crippen LogP contribution in [0, 0.1) is 0 Å². The standard InChI is InChI=1S/C19H27N5O2S/c1-4-16-13-22-17(27-16)10-11-21-18(20-5-2)23-12-14-6-8-15(9-7-14)24-19(25)26-3/h6-9,13H,4-5,10-12H2,1-3H3,(H,24,25)(H2,20,21,23). The van der Waals surface area contributed by atoms with E-state index in [2.05, 4.69) is 37.6 Å². The lowest BCUT2D eigenvalue weighted by Gasteiger charge is -2.11. The number of carbonyl (C=O) groups excluding carboxylic acids is 1. The van der Waals surface area contributed by atoms with Crippen LogP contribution < -0.4 is 16.0 Å². The van der Waals surface area contributed by atoms with Crippen LogP contribution >= 0.6 is 11.3 Å². The number of hydrogen-bond acceptors (Lipinski definition) is 5. The highest BCUT2D eigenvalue weighted by atomic mass is 32.1. The van der Waals surface area contributed by atoms with Gasteiger partial charge in [-0.15, -0.1) is 11.3 Å². The van der Waals surface area contributed by atoms with Gasteiger partial charge < -0.3 is 15.4 Å². The SMILES string of the molecule is CCNC(=NCc1ccc(NC(=O)OC)cc1)NCCc1ncc(CC)s1. The Labute approximate surface area is 164 Å². The summed E-state index contributed by atoms with van der Waals surface area (Å²) < 4.78 is 4.58. The number of nitrogens with one attached hydrogen (secondary N) is 3. The van der Waals surface area contributed by atoms with Crippen molar-refractivity contribution in [3.8, 4) is 0 Å². The van der Waals surface area contributed by atoms with Crippen LogP contribution in [-0.4, -0.2) is 37.2 Å². The van der Waals surface area contributed by atoms with E-state index >= 15 is 0 Å². The van der Waals surface area contributed by atoms with Gasteiger partial charge in [-0.2, -0.15) is 0 Å². The van der Waals surface area contributed by atoms with Crippen molar-refractivity contribution in [1.29, 1.82) is 0 Å². The Balaban J connectivity index is 1.85. The number of carbonyl (C=O) groups is 1. The van der Waals surface area contributed by atoms with E-state index in [0.29, 0.717) is 12.2 Å². The molecule has 0 atom stereocenters. The van der Waals surface area contributed by atoms with Crippen molar-refractivity contribution in [3.63, 3.8) is 0 Å². The molecule has 1 amide bonds.